The van der Waals surface area contributed by atoms with Crippen LogP contribution in [0.25, 0.3) is 0 Å². The molecule has 0 aliphatic heterocycles. The van der Waals surface area contributed by atoms with Crippen molar-refractivity contribution in [3.05, 3.63) is 27.3 Å². The van der Waals surface area contributed by atoms with Gasteiger partial charge in [0.05, 0.1) is 19.4 Å². The highest BCUT2D eigenvalue weighted by Crippen LogP contribution is 2.44. The Morgan fingerprint density at radius 1 is 1.14 bits per heavy atom. The van der Waals surface area contributed by atoms with Gasteiger partial charge in [0.25, 0.3) is 5.91 Å². The van der Waals surface area contributed by atoms with Crippen LogP contribution >= 0.6 is 22.6 Å². The fraction of sp³-hybridized carbons (Fsp3) is 0.385. The van der Waals surface area contributed by atoms with E-state index in [1.807, 2.05) is 0 Å². The summed E-state index contributed by atoms with van der Waals surface area (Å²) in [6.07, 6.45) is -12.7. The maximum atomic E-state index is 13.2. The van der Waals surface area contributed by atoms with Crippen molar-refractivity contribution < 1.29 is 53.6 Å². The van der Waals surface area contributed by atoms with Crippen molar-refractivity contribution in [2.45, 2.75) is 24.8 Å². The first-order chi connectivity index (χ1) is 12.4. The zero-order chi connectivity index (χ0) is 22.1. The number of esters is 1. The second kappa shape index (κ2) is 8.02. The number of alkyl halides is 6. The first-order valence-electron chi connectivity index (χ1n) is 6.77. The number of carbonyl (C=O) groups excluding carboxylic acids is 2. The number of halogens is 7. The molecule has 0 aliphatic carbocycles. The van der Waals surface area contributed by atoms with Gasteiger partial charge in [-0.15, -0.1) is 0 Å². The molecule has 0 fully saturated rings. The summed E-state index contributed by atoms with van der Waals surface area (Å²) in [5.41, 5.74) is -6.15. The third kappa shape index (κ3) is 5.69. The van der Waals surface area contributed by atoms with Crippen molar-refractivity contribution in [2.75, 3.05) is 5.75 Å². The minimum absolute atomic E-state index is 0.199. The maximum absolute atomic E-state index is 13.2. The molecule has 1 N–H and O–H groups in total. The van der Waals surface area contributed by atoms with Crippen LogP contribution < -0.4 is 10.1 Å². The molecule has 0 spiro atoms. The monoisotopic (exact) mass is 548 g/mol. The number of hydrogen-bond donors (Lipinski definition) is 1. The SMILES string of the molecule is CC(=O)Oc1cc(C(=O)NC(CS(=O)(=O)[O-])(C(F)(F)F)C(F)(F)F)ccc1I. The van der Waals surface area contributed by atoms with Crippen LogP contribution in [0.15, 0.2) is 18.2 Å². The molecule has 0 aromatic heterocycles. The topological polar surface area (TPSA) is 113 Å². The summed E-state index contributed by atoms with van der Waals surface area (Å²) < 4.78 is 116. The molecule has 0 heterocycles. The smallest absolute Gasteiger partial charge is 0.421 e. The van der Waals surface area contributed by atoms with Gasteiger partial charge in [-0.25, -0.2) is 8.42 Å². The molecular weight excluding hydrogens is 539 g/mol. The Hall–Kier alpha value is -1.62. The zero-order valence-electron chi connectivity index (χ0n) is 13.4. The molecule has 1 amide bonds. The van der Waals surface area contributed by atoms with Crippen LogP contribution in [0, 0.1) is 3.57 Å². The van der Waals surface area contributed by atoms with Crippen LogP contribution in [0.2, 0.25) is 0 Å². The van der Waals surface area contributed by atoms with Gasteiger partial charge in [-0.05, 0) is 40.8 Å². The fourth-order valence-corrected chi connectivity index (χ4v) is 3.29. The summed E-state index contributed by atoms with van der Waals surface area (Å²) in [7, 11) is -6.08. The van der Waals surface area contributed by atoms with E-state index in [2.05, 4.69) is 4.74 Å². The lowest BCUT2D eigenvalue weighted by molar-refractivity contribution is -0.296. The Morgan fingerprint density at radius 3 is 2.04 bits per heavy atom. The summed E-state index contributed by atoms with van der Waals surface area (Å²) in [5, 5.41) is 0.572. The van der Waals surface area contributed by atoms with E-state index in [1.165, 1.54) is 0 Å². The van der Waals surface area contributed by atoms with Gasteiger partial charge in [0.2, 0.25) is 5.54 Å². The van der Waals surface area contributed by atoms with Crippen molar-refractivity contribution in [1.29, 1.82) is 0 Å². The molecule has 1 rings (SSSR count). The Labute approximate surface area is 167 Å². The summed E-state index contributed by atoms with van der Waals surface area (Å²) in [6, 6.07) is 2.55. The summed E-state index contributed by atoms with van der Waals surface area (Å²) in [6.45, 7) is 0.959. The minimum Gasteiger partial charge on any atom is -0.748 e. The van der Waals surface area contributed by atoms with E-state index in [0.29, 0.717) is 11.4 Å². The molecule has 0 aliphatic rings. The molecule has 0 saturated heterocycles. The lowest BCUT2D eigenvalue weighted by atomic mass is 9.99. The molecule has 15 heteroatoms. The lowest BCUT2D eigenvalue weighted by Crippen LogP contribution is -2.70. The number of rotatable bonds is 5. The van der Waals surface area contributed by atoms with Crippen molar-refractivity contribution in [3.8, 4) is 5.75 Å². The normalized spacial score (nSPS) is 13.2. The standard InChI is InChI=1S/C13H10F6INO6S/c1-6(22)27-9-4-7(2-3-8(9)20)10(23)21-11(12(14,15)16,13(17,18)19)5-28(24,25)26/h2-4H,5H2,1H3,(H,21,23)(H,24,25,26)/p-1. The number of carbonyl (C=O) groups is 2. The largest absolute Gasteiger partial charge is 0.748 e. The van der Waals surface area contributed by atoms with Gasteiger partial charge in [-0.3, -0.25) is 9.59 Å². The van der Waals surface area contributed by atoms with Crippen molar-refractivity contribution >= 4 is 44.6 Å². The van der Waals surface area contributed by atoms with E-state index in [4.69, 9.17) is 0 Å². The molecule has 0 radical (unpaired) electrons. The van der Waals surface area contributed by atoms with E-state index >= 15 is 0 Å². The third-order valence-corrected chi connectivity index (χ3v) is 4.81. The van der Waals surface area contributed by atoms with Crippen LogP contribution in [0.4, 0.5) is 26.3 Å². The molecule has 0 saturated carbocycles. The van der Waals surface area contributed by atoms with Crippen molar-refractivity contribution in [3.63, 3.8) is 0 Å². The second-order valence-corrected chi connectivity index (χ2v) is 7.86. The molecule has 158 valence electrons. The number of benzene rings is 1. The Morgan fingerprint density at radius 2 is 1.64 bits per heavy atom. The van der Waals surface area contributed by atoms with Crippen LogP contribution in [0.5, 0.6) is 5.75 Å². The molecular formula is C13H9F6INO6S-. The predicted molar refractivity (Wildman–Crippen MR) is 87.3 cm³/mol. The first-order valence-corrected chi connectivity index (χ1v) is 9.43. The highest BCUT2D eigenvalue weighted by Gasteiger charge is 2.72. The molecule has 1 aromatic carbocycles. The summed E-state index contributed by atoms with van der Waals surface area (Å²) in [4.78, 5) is 23.0. The van der Waals surface area contributed by atoms with Crippen molar-refractivity contribution in [1.82, 2.24) is 5.32 Å². The maximum Gasteiger partial charge on any atom is 0.421 e. The number of amides is 1. The zero-order valence-corrected chi connectivity index (χ0v) is 16.4. The molecule has 7 nitrogen and oxygen atoms in total. The van der Waals surface area contributed by atoms with Crippen LogP contribution in [0.3, 0.4) is 0 Å². The predicted octanol–water partition coefficient (Wildman–Crippen LogP) is 2.35. The van der Waals surface area contributed by atoms with E-state index in [-0.39, 0.29) is 9.32 Å². The van der Waals surface area contributed by atoms with E-state index in [9.17, 15) is 48.9 Å². The first kappa shape index (κ1) is 24.4. The highest BCUT2D eigenvalue weighted by molar-refractivity contribution is 14.1. The van der Waals surface area contributed by atoms with Gasteiger partial charge in [-0.1, -0.05) is 0 Å². The highest BCUT2D eigenvalue weighted by atomic mass is 127. The van der Waals surface area contributed by atoms with Crippen molar-refractivity contribution in [2.24, 2.45) is 0 Å². The number of hydrogen-bond acceptors (Lipinski definition) is 6. The molecule has 0 atom stereocenters. The molecule has 0 bridgehead atoms. The van der Waals surface area contributed by atoms with Crippen LogP contribution in [0.1, 0.15) is 17.3 Å². The average Bonchev–Trinajstić information content (AvgIpc) is 2.44. The van der Waals surface area contributed by atoms with Crippen LogP contribution in [-0.2, 0) is 14.9 Å². The van der Waals surface area contributed by atoms with Gasteiger partial charge < -0.3 is 14.6 Å². The Bertz CT molecular complexity index is 868. The summed E-state index contributed by atoms with van der Waals surface area (Å²) in [5.74, 6) is -6.21. The second-order valence-electron chi connectivity index (χ2n) is 5.30. The van der Waals surface area contributed by atoms with Crippen LogP contribution in [-0.4, -0.2) is 48.5 Å². The molecule has 1 aromatic rings. The van der Waals surface area contributed by atoms with E-state index in [0.717, 1.165) is 19.1 Å². The fourth-order valence-electron chi connectivity index (χ4n) is 1.91. The van der Waals surface area contributed by atoms with Gasteiger partial charge in [0.15, 0.2) is 0 Å². The lowest BCUT2D eigenvalue weighted by Gasteiger charge is -2.38. The van der Waals surface area contributed by atoms with E-state index < -0.39 is 51.2 Å². The van der Waals surface area contributed by atoms with Gasteiger partial charge >= 0.3 is 18.3 Å². The Balaban J connectivity index is 3.48. The molecule has 0 unspecified atom stereocenters. The Kier molecular flexibility index (Phi) is 6.99. The number of nitrogens with one attached hydrogen (secondary N) is 1. The third-order valence-electron chi connectivity index (χ3n) is 3.14. The average molecular weight is 548 g/mol. The summed E-state index contributed by atoms with van der Waals surface area (Å²) >= 11 is 1.62. The minimum atomic E-state index is -6.37. The van der Waals surface area contributed by atoms with E-state index in [1.54, 1.807) is 22.6 Å². The van der Waals surface area contributed by atoms with Gasteiger partial charge in [0, 0.05) is 12.5 Å². The quantitative estimate of drug-likeness (QED) is 0.199. The van der Waals surface area contributed by atoms with Gasteiger partial charge in [-0.2, -0.15) is 26.3 Å². The number of ether oxygens (including phenoxy) is 1. The van der Waals surface area contributed by atoms with Gasteiger partial charge in [0.1, 0.15) is 5.75 Å². The molecule has 28 heavy (non-hydrogen) atoms.